The van der Waals surface area contributed by atoms with Crippen LogP contribution in [0.15, 0.2) is 76.4 Å². The van der Waals surface area contributed by atoms with Crippen LogP contribution in [-0.4, -0.2) is 31.2 Å². The van der Waals surface area contributed by atoms with Crippen LogP contribution in [0.2, 0.25) is 0 Å². The van der Waals surface area contributed by atoms with Crippen LogP contribution in [0.1, 0.15) is 49.1 Å². The van der Waals surface area contributed by atoms with Crippen molar-refractivity contribution in [2.75, 3.05) is 0 Å². The average molecular weight is 487 g/mol. The third-order valence-electron chi connectivity index (χ3n) is 6.31. The lowest BCUT2D eigenvalue weighted by atomic mass is 9.84. The fourth-order valence-electron chi connectivity index (χ4n) is 4.39. The third-order valence-corrected chi connectivity index (χ3v) is 7.13. The molecule has 2 aromatic heterocycles. The standard InChI is InChI=1S/C27H26N4O3S/c32-24-13-12-21(25(33)26(24)34)15-29-31-23(17-35-27(31)30-22-7-4-14-28-16-22)20-10-8-19(9-11-20)18-5-2-1-3-6-18/h4,7-18,32-34H,1-3,5-6H2. The summed E-state index contributed by atoms with van der Waals surface area (Å²) in [5, 5.41) is 36.3. The summed E-state index contributed by atoms with van der Waals surface area (Å²) in [7, 11) is 0. The Morgan fingerprint density at radius 1 is 0.943 bits per heavy atom. The maximum absolute atomic E-state index is 10.2. The predicted molar refractivity (Wildman–Crippen MR) is 137 cm³/mol. The normalized spacial score (nSPS) is 15.1. The highest BCUT2D eigenvalue weighted by atomic mass is 32.1. The third kappa shape index (κ3) is 4.97. The van der Waals surface area contributed by atoms with Crippen LogP contribution >= 0.6 is 11.3 Å². The Hall–Kier alpha value is -3.91. The van der Waals surface area contributed by atoms with E-state index >= 15 is 0 Å². The molecule has 1 aliphatic rings. The van der Waals surface area contributed by atoms with Gasteiger partial charge in [-0.3, -0.25) is 4.98 Å². The first kappa shape index (κ1) is 22.9. The molecule has 35 heavy (non-hydrogen) atoms. The van der Waals surface area contributed by atoms with E-state index in [0.717, 1.165) is 11.3 Å². The van der Waals surface area contributed by atoms with Gasteiger partial charge in [0.05, 0.1) is 23.8 Å². The van der Waals surface area contributed by atoms with Gasteiger partial charge in [0.25, 0.3) is 0 Å². The molecule has 5 rings (SSSR count). The van der Waals surface area contributed by atoms with E-state index in [9.17, 15) is 15.3 Å². The van der Waals surface area contributed by atoms with Gasteiger partial charge in [0.1, 0.15) is 0 Å². The first-order valence-electron chi connectivity index (χ1n) is 11.6. The maximum atomic E-state index is 10.2. The van der Waals surface area contributed by atoms with Crippen molar-refractivity contribution in [3.8, 4) is 28.5 Å². The number of nitrogens with zero attached hydrogens (tertiary/aromatic N) is 4. The number of hydrogen-bond donors (Lipinski definition) is 3. The predicted octanol–water partition coefficient (Wildman–Crippen LogP) is 5.89. The SMILES string of the molecule is Oc1ccc(C=Nn2c(-c3ccc(C4CCCCC4)cc3)csc2=Nc2cccnc2)c(O)c1O. The topological polar surface area (TPSA) is 103 Å². The van der Waals surface area contributed by atoms with Gasteiger partial charge in [-0.15, -0.1) is 11.3 Å². The number of hydrogen-bond acceptors (Lipinski definition) is 7. The zero-order valence-corrected chi connectivity index (χ0v) is 19.9. The molecule has 7 nitrogen and oxygen atoms in total. The molecule has 4 aromatic rings. The summed E-state index contributed by atoms with van der Waals surface area (Å²) in [4.78, 5) is 9.46. The first-order chi connectivity index (χ1) is 17.1. The van der Waals surface area contributed by atoms with Crippen molar-refractivity contribution >= 4 is 23.2 Å². The molecule has 1 fully saturated rings. The molecule has 8 heteroatoms. The van der Waals surface area contributed by atoms with Crippen LogP contribution in [0.4, 0.5) is 5.69 Å². The summed E-state index contributed by atoms with van der Waals surface area (Å²) < 4.78 is 1.70. The maximum Gasteiger partial charge on any atom is 0.211 e. The van der Waals surface area contributed by atoms with Gasteiger partial charge in [-0.25, -0.2) is 9.67 Å². The number of phenolic OH excluding ortho intramolecular Hbond substituents is 3. The van der Waals surface area contributed by atoms with E-state index in [-0.39, 0.29) is 5.56 Å². The lowest BCUT2D eigenvalue weighted by Crippen LogP contribution is -2.11. The molecule has 0 atom stereocenters. The molecule has 1 aliphatic carbocycles. The van der Waals surface area contributed by atoms with Gasteiger partial charge in [-0.05, 0) is 48.6 Å². The Balaban J connectivity index is 1.55. The van der Waals surface area contributed by atoms with Crippen molar-refractivity contribution in [3.63, 3.8) is 0 Å². The second-order valence-electron chi connectivity index (χ2n) is 8.61. The molecular formula is C27H26N4O3S. The molecule has 0 saturated heterocycles. The number of benzene rings is 2. The zero-order chi connectivity index (χ0) is 24.2. The minimum Gasteiger partial charge on any atom is -0.504 e. The lowest BCUT2D eigenvalue weighted by molar-refractivity contribution is 0.367. The molecule has 0 amide bonds. The van der Waals surface area contributed by atoms with Gasteiger partial charge >= 0.3 is 0 Å². The average Bonchev–Trinajstić information content (AvgIpc) is 3.30. The Morgan fingerprint density at radius 2 is 1.74 bits per heavy atom. The van der Waals surface area contributed by atoms with Crippen molar-refractivity contribution in [1.29, 1.82) is 0 Å². The minimum absolute atomic E-state index is 0.268. The van der Waals surface area contributed by atoms with Crippen LogP contribution in [-0.2, 0) is 0 Å². The molecule has 0 aliphatic heterocycles. The van der Waals surface area contributed by atoms with E-state index < -0.39 is 17.2 Å². The van der Waals surface area contributed by atoms with E-state index in [1.165, 1.54) is 67.4 Å². The zero-order valence-electron chi connectivity index (χ0n) is 19.1. The van der Waals surface area contributed by atoms with Crippen molar-refractivity contribution < 1.29 is 15.3 Å². The second-order valence-corrected chi connectivity index (χ2v) is 9.45. The van der Waals surface area contributed by atoms with Crippen molar-refractivity contribution in [2.45, 2.75) is 38.0 Å². The van der Waals surface area contributed by atoms with Crippen molar-refractivity contribution in [2.24, 2.45) is 10.1 Å². The summed E-state index contributed by atoms with van der Waals surface area (Å²) in [6.07, 6.45) is 11.2. The Labute approximate surface area is 207 Å². The molecule has 0 unspecified atom stereocenters. The van der Waals surface area contributed by atoms with Crippen LogP contribution < -0.4 is 4.80 Å². The molecule has 178 valence electrons. The number of pyridine rings is 1. The largest absolute Gasteiger partial charge is 0.504 e. The van der Waals surface area contributed by atoms with E-state index in [4.69, 9.17) is 4.99 Å². The van der Waals surface area contributed by atoms with E-state index in [1.807, 2.05) is 17.5 Å². The Bertz CT molecular complexity index is 1400. The van der Waals surface area contributed by atoms with Crippen molar-refractivity contribution in [3.05, 3.63) is 82.2 Å². The fraction of sp³-hybridized carbons (Fsp3) is 0.222. The summed E-state index contributed by atoms with van der Waals surface area (Å²) in [5.74, 6) is -0.780. The number of rotatable bonds is 5. The number of phenols is 3. The molecule has 0 bridgehead atoms. The molecule has 0 spiro atoms. The van der Waals surface area contributed by atoms with E-state index in [2.05, 4.69) is 34.4 Å². The molecule has 2 aromatic carbocycles. The van der Waals surface area contributed by atoms with Crippen LogP contribution in [0.25, 0.3) is 11.3 Å². The smallest absolute Gasteiger partial charge is 0.211 e. The highest BCUT2D eigenvalue weighted by Crippen LogP contribution is 2.36. The Kier molecular flexibility index (Phi) is 6.63. The van der Waals surface area contributed by atoms with Gasteiger partial charge in [0.2, 0.25) is 10.6 Å². The van der Waals surface area contributed by atoms with Crippen LogP contribution in [0.3, 0.4) is 0 Å². The Morgan fingerprint density at radius 3 is 2.49 bits per heavy atom. The van der Waals surface area contributed by atoms with Crippen molar-refractivity contribution in [1.82, 2.24) is 9.66 Å². The summed E-state index contributed by atoms with van der Waals surface area (Å²) in [6.45, 7) is 0. The van der Waals surface area contributed by atoms with E-state index in [1.54, 1.807) is 17.1 Å². The molecule has 3 N–H and O–H groups in total. The van der Waals surface area contributed by atoms with Crippen LogP contribution in [0, 0.1) is 0 Å². The monoisotopic (exact) mass is 486 g/mol. The summed E-state index contributed by atoms with van der Waals surface area (Å²) >= 11 is 1.45. The van der Waals surface area contributed by atoms with Gasteiger partial charge in [-0.2, -0.15) is 5.10 Å². The van der Waals surface area contributed by atoms with E-state index in [0.29, 0.717) is 16.4 Å². The van der Waals surface area contributed by atoms with Gasteiger partial charge in [0.15, 0.2) is 11.5 Å². The van der Waals surface area contributed by atoms with Gasteiger partial charge < -0.3 is 15.3 Å². The summed E-state index contributed by atoms with van der Waals surface area (Å²) in [5.41, 5.74) is 4.20. The fourth-order valence-corrected chi connectivity index (χ4v) is 5.24. The molecular weight excluding hydrogens is 460 g/mol. The number of thiazole rings is 1. The first-order valence-corrected chi connectivity index (χ1v) is 12.5. The molecule has 1 saturated carbocycles. The summed E-state index contributed by atoms with van der Waals surface area (Å²) in [6, 6.07) is 15.1. The highest BCUT2D eigenvalue weighted by Gasteiger charge is 2.16. The molecule has 0 radical (unpaired) electrons. The number of aromatic nitrogens is 2. The number of aromatic hydroxyl groups is 3. The van der Waals surface area contributed by atoms with Crippen LogP contribution in [0.5, 0.6) is 17.2 Å². The quantitative estimate of drug-likeness (QED) is 0.242. The van der Waals surface area contributed by atoms with Gasteiger partial charge in [0, 0.05) is 22.7 Å². The van der Waals surface area contributed by atoms with Gasteiger partial charge in [-0.1, -0.05) is 43.5 Å². The lowest BCUT2D eigenvalue weighted by Gasteiger charge is -2.22. The highest BCUT2D eigenvalue weighted by molar-refractivity contribution is 7.07. The second kappa shape index (κ2) is 10.1. The molecule has 2 heterocycles. The minimum atomic E-state index is -0.580.